The Balaban J connectivity index is 1.67. The number of carbonyl (C=O) groups is 1. The van der Waals surface area contributed by atoms with Gasteiger partial charge in [0.1, 0.15) is 5.75 Å². The number of aryl methyl sites for hydroxylation is 1. The fourth-order valence-corrected chi connectivity index (χ4v) is 3.27. The molecule has 134 valence electrons. The molecular formula is C19H21Cl2NO2S. The van der Waals surface area contributed by atoms with Crippen LogP contribution in [0.15, 0.2) is 42.5 Å². The van der Waals surface area contributed by atoms with Gasteiger partial charge in [0.05, 0.1) is 10.0 Å². The predicted octanol–water partition coefficient (Wildman–Crippen LogP) is 5.12. The molecule has 0 saturated carbocycles. The van der Waals surface area contributed by atoms with Crippen LogP contribution < -0.4 is 10.1 Å². The van der Waals surface area contributed by atoms with Gasteiger partial charge in [-0.25, -0.2) is 0 Å². The molecule has 0 unspecified atom stereocenters. The Morgan fingerprint density at radius 1 is 1.20 bits per heavy atom. The summed E-state index contributed by atoms with van der Waals surface area (Å²) in [6.45, 7) is 4.30. The molecule has 0 radical (unpaired) electrons. The van der Waals surface area contributed by atoms with Gasteiger partial charge in [-0.1, -0.05) is 47.5 Å². The van der Waals surface area contributed by atoms with Crippen LogP contribution in [-0.2, 0) is 10.5 Å². The number of carbonyl (C=O) groups excluding carboxylic acids is 1. The maximum Gasteiger partial charge on any atom is 0.260 e. The molecule has 0 saturated heterocycles. The number of hydrogen-bond donors (Lipinski definition) is 1. The van der Waals surface area contributed by atoms with Crippen LogP contribution in [0.2, 0.25) is 10.0 Å². The largest absolute Gasteiger partial charge is 0.481 e. The van der Waals surface area contributed by atoms with Crippen molar-refractivity contribution < 1.29 is 9.53 Å². The number of rotatable bonds is 8. The number of halogens is 2. The van der Waals surface area contributed by atoms with E-state index in [1.807, 2.05) is 43.3 Å². The maximum atomic E-state index is 12.1. The predicted molar refractivity (Wildman–Crippen MR) is 107 cm³/mol. The highest BCUT2D eigenvalue weighted by molar-refractivity contribution is 7.98. The Labute approximate surface area is 163 Å². The summed E-state index contributed by atoms with van der Waals surface area (Å²) in [5, 5.41) is 4.02. The molecule has 0 aromatic heterocycles. The van der Waals surface area contributed by atoms with Crippen molar-refractivity contribution in [1.29, 1.82) is 0 Å². The van der Waals surface area contributed by atoms with Gasteiger partial charge < -0.3 is 10.1 Å². The molecule has 1 amide bonds. The lowest BCUT2D eigenvalue weighted by molar-refractivity contribution is -0.127. The van der Waals surface area contributed by atoms with Gasteiger partial charge in [0.2, 0.25) is 0 Å². The van der Waals surface area contributed by atoms with Crippen LogP contribution >= 0.6 is 35.0 Å². The van der Waals surface area contributed by atoms with E-state index in [4.69, 9.17) is 27.9 Å². The van der Waals surface area contributed by atoms with Gasteiger partial charge in [0.15, 0.2) is 6.10 Å². The fourth-order valence-electron chi connectivity index (χ4n) is 2.14. The van der Waals surface area contributed by atoms with E-state index >= 15 is 0 Å². The van der Waals surface area contributed by atoms with Crippen LogP contribution in [0.3, 0.4) is 0 Å². The number of ether oxygens (including phenoxy) is 1. The third kappa shape index (κ3) is 6.46. The summed E-state index contributed by atoms with van der Waals surface area (Å²) in [4.78, 5) is 12.1. The SMILES string of the molecule is Cc1ccccc1O[C@@H](C)C(=O)NCCSCc1ccc(Cl)c(Cl)c1. The standard InChI is InChI=1S/C19H21Cl2NO2S/c1-13-5-3-4-6-18(13)24-14(2)19(23)22-9-10-25-12-15-7-8-16(20)17(21)11-15/h3-8,11,14H,9-10,12H2,1-2H3,(H,22,23)/t14-/m0/s1. The van der Waals surface area contributed by atoms with Crippen LogP contribution in [0.1, 0.15) is 18.1 Å². The summed E-state index contributed by atoms with van der Waals surface area (Å²) in [6.07, 6.45) is -0.527. The van der Waals surface area contributed by atoms with Gasteiger partial charge in [-0.3, -0.25) is 4.79 Å². The number of nitrogens with one attached hydrogen (secondary N) is 1. The van der Waals surface area contributed by atoms with Crippen LogP contribution in [-0.4, -0.2) is 24.3 Å². The molecule has 0 aliphatic rings. The van der Waals surface area contributed by atoms with Crippen LogP contribution in [0.5, 0.6) is 5.75 Å². The third-order valence-electron chi connectivity index (χ3n) is 3.56. The maximum absolute atomic E-state index is 12.1. The molecule has 0 spiro atoms. The van der Waals surface area contributed by atoms with Crippen molar-refractivity contribution in [2.24, 2.45) is 0 Å². The van der Waals surface area contributed by atoms with E-state index in [0.717, 1.165) is 28.4 Å². The molecule has 6 heteroatoms. The van der Waals surface area contributed by atoms with Crippen molar-refractivity contribution in [3.8, 4) is 5.75 Å². The van der Waals surface area contributed by atoms with Gasteiger partial charge in [-0.15, -0.1) is 0 Å². The summed E-state index contributed by atoms with van der Waals surface area (Å²) in [6, 6.07) is 13.3. The third-order valence-corrected chi connectivity index (χ3v) is 5.33. The first kappa shape index (κ1) is 20.0. The van der Waals surface area contributed by atoms with E-state index < -0.39 is 6.10 Å². The van der Waals surface area contributed by atoms with Gasteiger partial charge in [0, 0.05) is 18.1 Å². The number of amides is 1. The van der Waals surface area contributed by atoms with Gasteiger partial charge >= 0.3 is 0 Å². The smallest absolute Gasteiger partial charge is 0.260 e. The quantitative estimate of drug-likeness (QED) is 0.628. The Morgan fingerprint density at radius 3 is 2.68 bits per heavy atom. The zero-order valence-electron chi connectivity index (χ0n) is 14.2. The molecule has 2 aromatic rings. The average molecular weight is 398 g/mol. The zero-order valence-corrected chi connectivity index (χ0v) is 16.5. The Bertz CT molecular complexity index is 724. The van der Waals surface area contributed by atoms with Crippen molar-refractivity contribution in [1.82, 2.24) is 5.32 Å². The van der Waals surface area contributed by atoms with E-state index in [-0.39, 0.29) is 5.91 Å². The normalized spacial score (nSPS) is 11.8. The van der Waals surface area contributed by atoms with E-state index in [1.54, 1.807) is 24.8 Å². The molecule has 2 aromatic carbocycles. The average Bonchev–Trinajstić information content (AvgIpc) is 2.59. The van der Waals surface area contributed by atoms with Crippen molar-refractivity contribution in [3.05, 3.63) is 63.6 Å². The van der Waals surface area contributed by atoms with E-state index in [1.165, 1.54) is 0 Å². The molecule has 1 atom stereocenters. The van der Waals surface area contributed by atoms with Crippen molar-refractivity contribution in [3.63, 3.8) is 0 Å². The topological polar surface area (TPSA) is 38.3 Å². The molecule has 1 N–H and O–H groups in total. The van der Waals surface area contributed by atoms with E-state index in [2.05, 4.69) is 5.32 Å². The second kappa shape index (κ2) is 9.95. The lowest BCUT2D eigenvalue weighted by Crippen LogP contribution is -2.37. The van der Waals surface area contributed by atoms with Gasteiger partial charge in [-0.05, 0) is 43.2 Å². The Morgan fingerprint density at radius 2 is 1.96 bits per heavy atom. The number of para-hydroxylation sites is 1. The highest BCUT2D eigenvalue weighted by Gasteiger charge is 2.14. The fraction of sp³-hybridized carbons (Fsp3) is 0.316. The van der Waals surface area contributed by atoms with Crippen LogP contribution in [0.4, 0.5) is 0 Å². The zero-order chi connectivity index (χ0) is 18.2. The number of thioether (sulfide) groups is 1. The minimum atomic E-state index is -0.527. The second-order valence-corrected chi connectivity index (χ2v) is 7.54. The molecule has 25 heavy (non-hydrogen) atoms. The van der Waals surface area contributed by atoms with Crippen molar-refractivity contribution in [2.45, 2.75) is 25.7 Å². The summed E-state index contributed by atoms with van der Waals surface area (Å²) in [5.41, 5.74) is 2.13. The van der Waals surface area contributed by atoms with Gasteiger partial charge in [-0.2, -0.15) is 11.8 Å². The number of hydrogen-bond acceptors (Lipinski definition) is 3. The molecule has 2 rings (SSSR count). The summed E-state index contributed by atoms with van der Waals surface area (Å²) >= 11 is 13.6. The van der Waals surface area contributed by atoms with E-state index in [9.17, 15) is 4.79 Å². The summed E-state index contributed by atoms with van der Waals surface area (Å²) in [7, 11) is 0. The second-order valence-electron chi connectivity index (χ2n) is 5.62. The van der Waals surface area contributed by atoms with Crippen LogP contribution in [0, 0.1) is 6.92 Å². The van der Waals surface area contributed by atoms with Gasteiger partial charge in [0.25, 0.3) is 5.91 Å². The minimum absolute atomic E-state index is 0.113. The molecular weight excluding hydrogens is 377 g/mol. The highest BCUT2D eigenvalue weighted by Crippen LogP contribution is 2.24. The molecule has 0 heterocycles. The summed E-state index contributed by atoms with van der Waals surface area (Å²) in [5.74, 6) is 2.25. The lowest BCUT2D eigenvalue weighted by Gasteiger charge is -2.16. The molecule has 3 nitrogen and oxygen atoms in total. The highest BCUT2D eigenvalue weighted by atomic mass is 35.5. The first-order chi connectivity index (χ1) is 12.0. The molecule has 0 aliphatic heterocycles. The lowest BCUT2D eigenvalue weighted by atomic mass is 10.2. The van der Waals surface area contributed by atoms with E-state index in [0.29, 0.717) is 16.6 Å². The Kier molecular flexibility index (Phi) is 7.94. The first-order valence-corrected chi connectivity index (χ1v) is 9.90. The van der Waals surface area contributed by atoms with Crippen LogP contribution in [0.25, 0.3) is 0 Å². The Hall–Kier alpha value is -1.36. The molecule has 0 bridgehead atoms. The molecule has 0 aliphatic carbocycles. The first-order valence-electron chi connectivity index (χ1n) is 7.99. The number of benzene rings is 2. The minimum Gasteiger partial charge on any atom is -0.481 e. The van der Waals surface area contributed by atoms with Crippen molar-refractivity contribution >= 4 is 40.9 Å². The van der Waals surface area contributed by atoms with Crippen molar-refractivity contribution in [2.75, 3.05) is 12.3 Å². The summed E-state index contributed by atoms with van der Waals surface area (Å²) < 4.78 is 5.71. The molecule has 0 fully saturated rings. The monoisotopic (exact) mass is 397 g/mol.